The molecule has 1 atom stereocenters. The van der Waals surface area contributed by atoms with E-state index >= 15 is 0 Å². The second kappa shape index (κ2) is 4.94. The maximum absolute atomic E-state index is 13.9. The predicted octanol–water partition coefficient (Wildman–Crippen LogP) is 2.82. The van der Waals surface area contributed by atoms with Gasteiger partial charge in [-0.2, -0.15) is 0 Å². The Morgan fingerprint density at radius 1 is 1.29 bits per heavy atom. The molecule has 1 unspecified atom stereocenters. The van der Waals surface area contributed by atoms with Gasteiger partial charge in [-0.3, -0.25) is 4.79 Å². The SMILES string of the molecule is CC1(C)CC(Nc2cc(C(N)=O)c(F)cc2F)C(C)(C)O1. The fraction of sp³-hybridized carbons (Fsp3) is 0.533. The molecule has 21 heavy (non-hydrogen) atoms. The molecule has 0 saturated carbocycles. The largest absolute Gasteiger partial charge is 0.377 e. The van der Waals surface area contributed by atoms with Crippen LogP contribution in [0.25, 0.3) is 0 Å². The maximum atomic E-state index is 13.9. The third-order valence-electron chi connectivity index (χ3n) is 3.73. The number of halogens is 2. The van der Waals surface area contributed by atoms with Crippen molar-refractivity contribution < 1.29 is 18.3 Å². The molecule has 4 nitrogen and oxygen atoms in total. The molecule has 1 heterocycles. The summed E-state index contributed by atoms with van der Waals surface area (Å²) in [4.78, 5) is 11.2. The third-order valence-corrected chi connectivity index (χ3v) is 3.73. The summed E-state index contributed by atoms with van der Waals surface area (Å²) in [5.41, 5.74) is 3.93. The Hall–Kier alpha value is -1.69. The van der Waals surface area contributed by atoms with E-state index in [0.717, 1.165) is 6.07 Å². The van der Waals surface area contributed by atoms with Crippen LogP contribution in [0.1, 0.15) is 44.5 Å². The van der Waals surface area contributed by atoms with E-state index < -0.39 is 23.1 Å². The van der Waals surface area contributed by atoms with Gasteiger partial charge in [0.15, 0.2) is 0 Å². The van der Waals surface area contributed by atoms with E-state index in [0.29, 0.717) is 12.5 Å². The Kier molecular flexibility index (Phi) is 3.70. The molecule has 3 N–H and O–H groups in total. The smallest absolute Gasteiger partial charge is 0.251 e. The number of rotatable bonds is 3. The Bertz CT molecular complexity index is 585. The lowest BCUT2D eigenvalue weighted by Gasteiger charge is -2.28. The van der Waals surface area contributed by atoms with Crippen LogP contribution in [0.2, 0.25) is 0 Å². The van der Waals surface area contributed by atoms with Crippen molar-refractivity contribution in [1.82, 2.24) is 0 Å². The van der Waals surface area contributed by atoms with E-state index in [9.17, 15) is 13.6 Å². The minimum absolute atomic E-state index is 0.0459. The molecular formula is C15H20F2N2O2. The summed E-state index contributed by atoms with van der Waals surface area (Å²) in [6.45, 7) is 7.70. The van der Waals surface area contributed by atoms with E-state index in [-0.39, 0.29) is 22.9 Å². The zero-order valence-electron chi connectivity index (χ0n) is 12.6. The Labute approximate surface area is 122 Å². The van der Waals surface area contributed by atoms with Crippen LogP contribution in [-0.2, 0) is 4.74 Å². The van der Waals surface area contributed by atoms with Gasteiger partial charge in [-0.25, -0.2) is 8.78 Å². The fourth-order valence-electron chi connectivity index (χ4n) is 2.82. The summed E-state index contributed by atoms with van der Waals surface area (Å²) in [5.74, 6) is -2.66. The number of benzene rings is 1. The van der Waals surface area contributed by atoms with Gasteiger partial charge in [-0.15, -0.1) is 0 Å². The number of carbonyl (C=O) groups excluding carboxylic acids is 1. The highest BCUT2D eigenvalue weighted by Crippen LogP contribution is 2.39. The fourth-order valence-corrected chi connectivity index (χ4v) is 2.82. The molecule has 0 aliphatic carbocycles. The van der Waals surface area contributed by atoms with Crippen LogP contribution in [0.5, 0.6) is 0 Å². The number of primary amides is 1. The number of hydrogen-bond donors (Lipinski definition) is 2. The second-order valence-corrected chi connectivity index (χ2v) is 6.54. The van der Waals surface area contributed by atoms with E-state index in [2.05, 4.69) is 5.32 Å². The summed E-state index contributed by atoms with van der Waals surface area (Å²) < 4.78 is 33.3. The second-order valence-electron chi connectivity index (χ2n) is 6.54. The van der Waals surface area contributed by atoms with Crippen LogP contribution in [0.4, 0.5) is 14.5 Å². The summed E-state index contributed by atoms with van der Waals surface area (Å²) in [6.07, 6.45) is 0.655. The molecule has 1 amide bonds. The number of nitrogens with two attached hydrogens (primary N) is 1. The lowest BCUT2D eigenvalue weighted by molar-refractivity contribution is -0.0662. The van der Waals surface area contributed by atoms with Gasteiger partial charge in [0.2, 0.25) is 0 Å². The quantitative estimate of drug-likeness (QED) is 0.902. The topological polar surface area (TPSA) is 64.3 Å². The molecule has 1 aliphatic heterocycles. The first-order valence-corrected chi connectivity index (χ1v) is 6.77. The van der Waals surface area contributed by atoms with Gasteiger partial charge >= 0.3 is 0 Å². The average Bonchev–Trinajstić information content (AvgIpc) is 2.49. The lowest BCUT2D eigenvalue weighted by Crippen LogP contribution is -2.38. The minimum Gasteiger partial charge on any atom is -0.377 e. The molecule has 1 aromatic carbocycles. The van der Waals surface area contributed by atoms with Crippen molar-refractivity contribution in [3.05, 3.63) is 29.3 Å². The van der Waals surface area contributed by atoms with Gasteiger partial charge in [0, 0.05) is 6.07 Å². The first-order valence-electron chi connectivity index (χ1n) is 6.77. The summed E-state index contributed by atoms with van der Waals surface area (Å²) in [5, 5.41) is 3.00. The third kappa shape index (κ3) is 3.15. The molecule has 1 saturated heterocycles. The van der Waals surface area contributed by atoms with E-state index in [1.807, 2.05) is 27.7 Å². The summed E-state index contributed by atoms with van der Waals surface area (Å²) >= 11 is 0. The normalized spacial score (nSPS) is 23.0. The molecule has 1 fully saturated rings. The zero-order valence-corrected chi connectivity index (χ0v) is 12.6. The number of amides is 1. The van der Waals surface area contributed by atoms with Crippen molar-refractivity contribution in [2.24, 2.45) is 5.73 Å². The minimum atomic E-state index is -0.965. The summed E-state index contributed by atoms with van der Waals surface area (Å²) in [7, 11) is 0. The van der Waals surface area contributed by atoms with E-state index in [1.54, 1.807) is 0 Å². The maximum Gasteiger partial charge on any atom is 0.251 e. The van der Waals surface area contributed by atoms with Crippen LogP contribution in [0.3, 0.4) is 0 Å². The standard InChI is InChI=1S/C15H20F2N2O2/c1-14(2)7-12(15(3,4)21-14)19-11-5-8(13(18)20)9(16)6-10(11)17/h5-6,12,19H,7H2,1-4H3,(H2,18,20). The Morgan fingerprint density at radius 2 is 1.90 bits per heavy atom. The van der Waals surface area contributed by atoms with Crippen molar-refractivity contribution in [2.45, 2.75) is 51.4 Å². The number of ether oxygens (including phenoxy) is 1. The monoisotopic (exact) mass is 298 g/mol. The van der Waals surface area contributed by atoms with Crippen LogP contribution in [0, 0.1) is 11.6 Å². The molecule has 116 valence electrons. The van der Waals surface area contributed by atoms with Crippen LogP contribution >= 0.6 is 0 Å². The first-order chi connectivity index (χ1) is 9.52. The zero-order chi connectivity index (χ0) is 16.0. The lowest BCUT2D eigenvalue weighted by atomic mass is 9.94. The van der Waals surface area contributed by atoms with Crippen molar-refractivity contribution >= 4 is 11.6 Å². The van der Waals surface area contributed by atoms with Crippen molar-refractivity contribution in [3.8, 4) is 0 Å². The highest BCUT2D eigenvalue weighted by molar-refractivity contribution is 5.94. The average molecular weight is 298 g/mol. The number of anilines is 1. The van der Waals surface area contributed by atoms with Crippen LogP contribution < -0.4 is 11.1 Å². The first kappa shape index (κ1) is 15.7. The highest BCUT2D eigenvalue weighted by atomic mass is 19.1. The molecule has 0 aromatic heterocycles. The van der Waals surface area contributed by atoms with E-state index in [1.165, 1.54) is 0 Å². The molecule has 0 bridgehead atoms. The number of hydrogen-bond acceptors (Lipinski definition) is 3. The molecular weight excluding hydrogens is 278 g/mol. The summed E-state index contributed by atoms with van der Waals surface area (Å²) in [6, 6.07) is 1.60. The van der Waals surface area contributed by atoms with E-state index in [4.69, 9.17) is 10.5 Å². The molecule has 1 aliphatic rings. The van der Waals surface area contributed by atoms with Gasteiger partial charge in [-0.1, -0.05) is 0 Å². The van der Waals surface area contributed by atoms with Crippen molar-refractivity contribution in [3.63, 3.8) is 0 Å². The molecule has 0 spiro atoms. The van der Waals surface area contributed by atoms with Crippen molar-refractivity contribution in [2.75, 3.05) is 5.32 Å². The number of carbonyl (C=O) groups is 1. The van der Waals surface area contributed by atoms with Crippen molar-refractivity contribution in [1.29, 1.82) is 0 Å². The molecule has 2 rings (SSSR count). The molecule has 6 heteroatoms. The highest BCUT2D eigenvalue weighted by Gasteiger charge is 2.46. The Morgan fingerprint density at radius 3 is 2.38 bits per heavy atom. The number of nitrogens with one attached hydrogen (secondary N) is 1. The van der Waals surface area contributed by atoms with Crippen LogP contribution in [0.15, 0.2) is 12.1 Å². The van der Waals surface area contributed by atoms with Gasteiger partial charge in [0.05, 0.1) is 28.5 Å². The predicted molar refractivity (Wildman–Crippen MR) is 76.1 cm³/mol. The van der Waals surface area contributed by atoms with Gasteiger partial charge in [0.25, 0.3) is 5.91 Å². The van der Waals surface area contributed by atoms with Gasteiger partial charge < -0.3 is 15.8 Å². The van der Waals surface area contributed by atoms with Crippen LogP contribution in [-0.4, -0.2) is 23.2 Å². The van der Waals surface area contributed by atoms with Gasteiger partial charge in [0.1, 0.15) is 11.6 Å². The Balaban J connectivity index is 2.32. The molecule has 1 aromatic rings. The van der Waals surface area contributed by atoms with Gasteiger partial charge in [-0.05, 0) is 40.2 Å². The molecule has 0 radical (unpaired) electrons.